The lowest BCUT2D eigenvalue weighted by atomic mass is 9.77. The number of thiophene rings is 2. The van der Waals surface area contributed by atoms with Crippen LogP contribution in [0.15, 0.2) is 192 Å². The summed E-state index contributed by atoms with van der Waals surface area (Å²) in [6, 6.07) is 69.6. The number of nitrogens with zero attached hydrogens (tertiary/aromatic N) is 1. The van der Waals surface area contributed by atoms with Gasteiger partial charge in [0, 0.05) is 73.5 Å². The first-order valence-electron chi connectivity index (χ1n) is 20.9. The van der Waals surface area contributed by atoms with Gasteiger partial charge >= 0.3 is 0 Å². The highest BCUT2D eigenvalue weighted by molar-refractivity contribution is 7.26. The zero-order valence-electron chi connectivity index (χ0n) is 33.6. The third kappa shape index (κ3) is 5.13. The molecule has 0 saturated carbocycles. The molecule has 0 bridgehead atoms. The normalized spacial score (nSPS) is 13.2. The first kappa shape index (κ1) is 34.8. The molecule has 4 heteroatoms. The third-order valence-electron chi connectivity index (χ3n) is 13.1. The SMILES string of the molecule is CC1(C)c2ccccc2-c2cccc(-c3cccc(N(c4ccc5c(c4)sc4ccccc45)c4ccc5oc6ccccc6c5c4)c3-c3ccc4sc5ccccc5c4c3)c21. The summed E-state index contributed by atoms with van der Waals surface area (Å²) < 4.78 is 11.6. The van der Waals surface area contributed by atoms with Gasteiger partial charge < -0.3 is 9.32 Å². The van der Waals surface area contributed by atoms with E-state index in [0.29, 0.717) is 0 Å². The van der Waals surface area contributed by atoms with E-state index in [2.05, 4.69) is 201 Å². The van der Waals surface area contributed by atoms with Gasteiger partial charge in [0.15, 0.2) is 0 Å². The lowest BCUT2D eigenvalue weighted by molar-refractivity contribution is 0.662. The molecule has 9 aromatic carbocycles. The van der Waals surface area contributed by atoms with Gasteiger partial charge in [-0.15, -0.1) is 22.7 Å². The van der Waals surface area contributed by atoms with Crippen molar-refractivity contribution >= 4 is 102 Å². The van der Waals surface area contributed by atoms with Crippen LogP contribution >= 0.6 is 22.7 Å². The van der Waals surface area contributed by atoms with Gasteiger partial charge in [0.2, 0.25) is 0 Å². The summed E-state index contributed by atoms with van der Waals surface area (Å²) in [5.41, 5.74) is 15.2. The largest absolute Gasteiger partial charge is 0.456 e. The first-order chi connectivity index (χ1) is 30.0. The van der Waals surface area contributed by atoms with Crippen LogP contribution in [0.3, 0.4) is 0 Å². The van der Waals surface area contributed by atoms with Crippen molar-refractivity contribution in [1.29, 1.82) is 0 Å². The average Bonchev–Trinajstić information content (AvgIpc) is 4.04. The molecular formula is C57H37NOS2. The molecule has 61 heavy (non-hydrogen) atoms. The van der Waals surface area contributed by atoms with Crippen LogP contribution < -0.4 is 4.90 Å². The highest BCUT2D eigenvalue weighted by atomic mass is 32.1. The Morgan fingerprint density at radius 3 is 1.85 bits per heavy atom. The maximum atomic E-state index is 6.40. The minimum absolute atomic E-state index is 0.192. The van der Waals surface area contributed by atoms with Gasteiger partial charge in [0.05, 0.1) is 5.69 Å². The number of rotatable bonds is 5. The van der Waals surface area contributed by atoms with E-state index in [1.165, 1.54) is 84.9 Å². The molecule has 13 rings (SSSR count). The fourth-order valence-corrected chi connectivity index (χ4v) is 12.6. The molecule has 3 heterocycles. The number of fused-ring (bicyclic) bond motifs is 12. The van der Waals surface area contributed by atoms with Crippen LogP contribution in [0.4, 0.5) is 17.1 Å². The fraction of sp³-hybridized carbons (Fsp3) is 0.0526. The van der Waals surface area contributed by atoms with Crippen LogP contribution in [-0.4, -0.2) is 0 Å². The molecule has 3 aromatic heterocycles. The van der Waals surface area contributed by atoms with Crippen LogP contribution in [-0.2, 0) is 5.41 Å². The monoisotopic (exact) mass is 815 g/mol. The van der Waals surface area contributed by atoms with Crippen molar-refractivity contribution < 1.29 is 4.42 Å². The smallest absolute Gasteiger partial charge is 0.135 e. The molecule has 0 unspecified atom stereocenters. The van der Waals surface area contributed by atoms with E-state index >= 15 is 0 Å². The summed E-state index contributed by atoms with van der Waals surface area (Å²) in [7, 11) is 0. The topological polar surface area (TPSA) is 16.4 Å². The van der Waals surface area contributed by atoms with Crippen LogP contribution in [0.25, 0.3) is 95.7 Å². The number of hydrogen-bond acceptors (Lipinski definition) is 4. The molecular weight excluding hydrogens is 779 g/mol. The van der Waals surface area contributed by atoms with Gasteiger partial charge in [-0.1, -0.05) is 135 Å². The van der Waals surface area contributed by atoms with Crippen molar-refractivity contribution in [2.45, 2.75) is 19.3 Å². The quantitative estimate of drug-likeness (QED) is 0.172. The molecule has 2 nitrogen and oxygen atoms in total. The van der Waals surface area contributed by atoms with Gasteiger partial charge in [-0.05, 0) is 106 Å². The zero-order chi connectivity index (χ0) is 40.4. The molecule has 0 spiro atoms. The number of furan rings is 1. The second-order valence-electron chi connectivity index (χ2n) is 16.8. The summed E-state index contributed by atoms with van der Waals surface area (Å²) in [5, 5.41) is 7.38. The molecule has 1 aliphatic carbocycles. The molecule has 288 valence electrons. The van der Waals surface area contributed by atoms with E-state index in [4.69, 9.17) is 4.42 Å². The summed E-state index contributed by atoms with van der Waals surface area (Å²) in [5.74, 6) is 0. The van der Waals surface area contributed by atoms with E-state index in [0.717, 1.165) is 39.0 Å². The Bertz CT molecular complexity index is 3770. The second kappa shape index (κ2) is 13.0. The Labute approximate surface area is 361 Å². The van der Waals surface area contributed by atoms with E-state index in [1.54, 1.807) is 0 Å². The number of anilines is 3. The van der Waals surface area contributed by atoms with Crippen LogP contribution in [0, 0.1) is 0 Å². The summed E-state index contributed by atoms with van der Waals surface area (Å²) >= 11 is 3.73. The predicted molar refractivity (Wildman–Crippen MR) is 263 cm³/mol. The molecule has 0 saturated heterocycles. The highest BCUT2D eigenvalue weighted by Gasteiger charge is 2.38. The summed E-state index contributed by atoms with van der Waals surface area (Å²) in [6.45, 7) is 4.79. The third-order valence-corrected chi connectivity index (χ3v) is 15.3. The van der Waals surface area contributed by atoms with Crippen LogP contribution in [0.2, 0.25) is 0 Å². The van der Waals surface area contributed by atoms with Gasteiger partial charge in [-0.3, -0.25) is 0 Å². The van der Waals surface area contributed by atoms with Gasteiger partial charge in [-0.2, -0.15) is 0 Å². The zero-order valence-corrected chi connectivity index (χ0v) is 35.2. The average molecular weight is 816 g/mol. The van der Waals surface area contributed by atoms with Gasteiger partial charge in [0.25, 0.3) is 0 Å². The molecule has 0 amide bonds. The first-order valence-corrected chi connectivity index (χ1v) is 22.5. The highest BCUT2D eigenvalue weighted by Crippen LogP contribution is 2.55. The molecule has 0 aliphatic heterocycles. The van der Waals surface area contributed by atoms with E-state index in [-0.39, 0.29) is 5.41 Å². The van der Waals surface area contributed by atoms with Crippen molar-refractivity contribution in [2.75, 3.05) is 4.90 Å². The molecule has 0 fully saturated rings. The minimum atomic E-state index is -0.192. The summed E-state index contributed by atoms with van der Waals surface area (Å²) in [4.78, 5) is 2.49. The number of para-hydroxylation sites is 1. The number of hydrogen-bond donors (Lipinski definition) is 0. The van der Waals surface area contributed by atoms with Crippen LogP contribution in [0.1, 0.15) is 25.0 Å². The standard InChI is InChI=1S/C57H37NOS2/c1-57(2)47-20-7-3-13-37(47)43-18-11-19-44(56(43)57)42-17-12-21-48(55(42)34-25-30-53-46(31-34)40-16-6-10-24-52(40)60-53)58(35-27-29-50-45(32-35)38-14-4-8-22-49(38)59-50)36-26-28-41-39-15-5-9-23-51(39)61-54(41)33-36/h3-33H,1-2H3. The molecule has 1 aliphatic rings. The molecule has 0 radical (unpaired) electrons. The van der Waals surface area contributed by atoms with Crippen LogP contribution in [0.5, 0.6) is 0 Å². The Morgan fingerprint density at radius 2 is 1.00 bits per heavy atom. The van der Waals surface area contributed by atoms with Gasteiger partial charge in [-0.25, -0.2) is 0 Å². The molecule has 12 aromatic rings. The Balaban J connectivity index is 1.13. The summed E-state index contributed by atoms with van der Waals surface area (Å²) in [6.07, 6.45) is 0. The lowest BCUT2D eigenvalue weighted by Crippen LogP contribution is -2.16. The van der Waals surface area contributed by atoms with E-state index in [9.17, 15) is 0 Å². The maximum Gasteiger partial charge on any atom is 0.135 e. The Morgan fingerprint density at radius 1 is 0.410 bits per heavy atom. The van der Waals surface area contributed by atoms with Crippen molar-refractivity contribution in [1.82, 2.24) is 0 Å². The van der Waals surface area contributed by atoms with Crippen molar-refractivity contribution in [3.63, 3.8) is 0 Å². The Hall–Kier alpha value is -6.98. The molecule has 0 atom stereocenters. The molecule has 0 N–H and O–H groups in total. The number of benzene rings is 9. The fourth-order valence-electron chi connectivity index (χ4n) is 10.3. The van der Waals surface area contributed by atoms with Crippen molar-refractivity contribution in [2.24, 2.45) is 0 Å². The second-order valence-corrected chi connectivity index (χ2v) is 19.0. The Kier molecular flexibility index (Phi) is 7.43. The minimum Gasteiger partial charge on any atom is -0.456 e. The predicted octanol–water partition coefficient (Wildman–Crippen LogP) is 17.4. The van der Waals surface area contributed by atoms with Crippen molar-refractivity contribution in [3.8, 4) is 33.4 Å². The van der Waals surface area contributed by atoms with E-state index in [1.807, 2.05) is 28.7 Å². The maximum absolute atomic E-state index is 6.40. The van der Waals surface area contributed by atoms with E-state index < -0.39 is 0 Å². The van der Waals surface area contributed by atoms with Crippen molar-refractivity contribution in [3.05, 3.63) is 199 Å². The lowest BCUT2D eigenvalue weighted by Gasteiger charge is -2.31. The van der Waals surface area contributed by atoms with Gasteiger partial charge in [0.1, 0.15) is 11.2 Å².